The highest BCUT2D eigenvalue weighted by atomic mass is 19.3. The molecule has 2 heterocycles. The number of nitrogens with zero attached hydrogens (tertiary/aromatic N) is 2. The molecule has 1 amide bonds. The number of hydrogen-bond acceptors (Lipinski definition) is 5. The zero-order valence-corrected chi connectivity index (χ0v) is 18.7. The molecule has 3 atom stereocenters. The highest BCUT2D eigenvalue weighted by Gasteiger charge is 2.41. The van der Waals surface area contributed by atoms with E-state index in [0.29, 0.717) is 12.5 Å². The molecule has 1 aliphatic rings. The molecule has 0 unspecified atom stereocenters. The Hall–Kier alpha value is -2.70. The van der Waals surface area contributed by atoms with E-state index >= 15 is 0 Å². The molecule has 0 saturated carbocycles. The Bertz CT molecular complexity index is 1020. The molecule has 3 rings (SSSR count). The second-order valence-corrected chi connectivity index (χ2v) is 8.18. The number of nitrogens with one attached hydrogen (secondary N) is 1. The molecule has 0 aliphatic carbocycles. The number of hydrogen-bond donors (Lipinski definition) is 1. The SMILES string of the molecule is CC(=O)N[C@@H](C)C(F)(F)C[C@H]1CC[C@H](Oc2nc3c(F)cc(OCC(F)F)c(F)c3n2C)CO1. The van der Waals surface area contributed by atoms with Crippen LogP contribution >= 0.6 is 0 Å². The Morgan fingerprint density at radius 3 is 2.65 bits per heavy atom. The van der Waals surface area contributed by atoms with Crippen molar-refractivity contribution < 1.29 is 45.3 Å². The number of carbonyl (C=O) groups excluding carboxylic acids is 1. The van der Waals surface area contributed by atoms with Gasteiger partial charge in [0.1, 0.15) is 23.7 Å². The fourth-order valence-electron chi connectivity index (χ4n) is 3.70. The Morgan fingerprint density at radius 1 is 1.35 bits per heavy atom. The lowest BCUT2D eigenvalue weighted by Gasteiger charge is -2.33. The van der Waals surface area contributed by atoms with Crippen LogP contribution < -0.4 is 14.8 Å². The molecule has 1 aromatic heterocycles. The van der Waals surface area contributed by atoms with Gasteiger partial charge in [0.2, 0.25) is 5.91 Å². The minimum atomic E-state index is -3.18. The van der Waals surface area contributed by atoms with Crippen molar-refractivity contribution in [3.8, 4) is 11.8 Å². The molecular formula is C21H25F6N3O4. The van der Waals surface area contributed by atoms with Gasteiger partial charge in [-0.3, -0.25) is 9.36 Å². The Morgan fingerprint density at radius 2 is 2.06 bits per heavy atom. The smallest absolute Gasteiger partial charge is 0.297 e. The number of alkyl halides is 4. The van der Waals surface area contributed by atoms with Crippen LogP contribution in [0.15, 0.2) is 6.07 Å². The number of carbonyl (C=O) groups is 1. The topological polar surface area (TPSA) is 74.6 Å². The quantitative estimate of drug-likeness (QED) is 0.531. The fraction of sp³-hybridized carbons (Fsp3) is 0.619. The molecule has 0 bridgehead atoms. The van der Waals surface area contributed by atoms with Crippen molar-refractivity contribution in [3.63, 3.8) is 0 Å². The summed E-state index contributed by atoms with van der Waals surface area (Å²) in [6.45, 7) is 1.20. The van der Waals surface area contributed by atoms with Gasteiger partial charge in [0.05, 0.1) is 18.8 Å². The molecular weight excluding hydrogens is 472 g/mol. The summed E-state index contributed by atoms with van der Waals surface area (Å²) >= 11 is 0. The first kappa shape index (κ1) is 25.9. The van der Waals surface area contributed by atoms with Crippen molar-refractivity contribution in [2.45, 2.75) is 63.7 Å². The second-order valence-electron chi connectivity index (χ2n) is 8.18. The molecule has 13 heteroatoms. The number of halogens is 6. The molecule has 0 radical (unpaired) electrons. The van der Waals surface area contributed by atoms with Crippen molar-refractivity contribution in [1.82, 2.24) is 14.9 Å². The molecule has 0 spiro atoms. The lowest BCUT2D eigenvalue weighted by molar-refractivity contribution is -0.130. The first-order valence-electron chi connectivity index (χ1n) is 10.6. The van der Waals surface area contributed by atoms with E-state index in [1.807, 2.05) is 0 Å². The van der Waals surface area contributed by atoms with Crippen LogP contribution in [-0.4, -0.2) is 59.3 Å². The van der Waals surface area contributed by atoms with Gasteiger partial charge in [-0.1, -0.05) is 0 Å². The number of aryl methyl sites for hydroxylation is 1. The van der Waals surface area contributed by atoms with E-state index in [2.05, 4.69) is 15.0 Å². The summed E-state index contributed by atoms with van der Waals surface area (Å²) in [5, 5.41) is 2.17. The van der Waals surface area contributed by atoms with Gasteiger partial charge in [-0.15, -0.1) is 0 Å². The van der Waals surface area contributed by atoms with E-state index in [-0.39, 0.29) is 30.1 Å². The lowest BCUT2D eigenvalue weighted by Crippen LogP contribution is -2.47. The number of benzene rings is 1. The highest BCUT2D eigenvalue weighted by Crippen LogP contribution is 2.34. The standard InChI is InChI=1S/C21H25F6N3O4/c1-10(28-11(2)31)21(26,27)7-12-4-5-13(8-32-12)34-20-29-18-14(22)6-15(33-9-16(23)24)17(25)19(18)30(20)3/h6,10,12-13,16H,4-5,7-9H2,1-3H3,(H,28,31)/t10-,12+,13-/m0/s1. The number of ether oxygens (including phenoxy) is 3. The summed E-state index contributed by atoms with van der Waals surface area (Å²) in [5.74, 6) is -6.48. The van der Waals surface area contributed by atoms with E-state index in [1.54, 1.807) is 0 Å². The van der Waals surface area contributed by atoms with Crippen molar-refractivity contribution in [2.75, 3.05) is 13.2 Å². The monoisotopic (exact) mass is 497 g/mol. The zero-order valence-electron chi connectivity index (χ0n) is 18.7. The van der Waals surface area contributed by atoms with Crippen LogP contribution in [0.4, 0.5) is 26.3 Å². The van der Waals surface area contributed by atoms with Crippen molar-refractivity contribution in [3.05, 3.63) is 17.7 Å². The van der Waals surface area contributed by atoms with Gasteiger partial charge >= 0.3 is 0 Å². The van der Waals surface area contributed by atoms with Crippen LogP contribution in [0.5, 0.6) is 11.8 Å². The Balaban J connectivity index is 1.66. The fourth-order valence-corrected chi connectivity index (χ4v) is 3.70. The van der Waals surface area contributed by atoms with Gasteiger partial charge in [0.15, 0.2) is 17.4 Å². The summed E-state index contributed by atoms with van der Waals surface area (Å²) in [6.07, 6.45) is -4.31. The number of imidazole rings is 1. The van der Waals surface area contributed by atoms with Crippen molar-refractivity contribution in [2.24, 2.45) is 7.05 Å². The average Bonchev–Trinajstić information content (AvgIpc) is 3.07. The molecule has 1 aliphatic heterocycles. The maximum absolute atomic E-state index is 14.7. The number of fused-ring (bicyclic) bond motifs is 1. The molecule has 1 N–H and O–H groups in total. The zero-order chi connectivity index (χ0) is 25.2. The average molecular weight is 497 g/mol. The lowest BCUT2D eigenvalue weighted by atomic mass is 9.98. The van der Waals surface area contributed by atoms with Crippen LogP contribution in [-0.2, 0) is 16.6 Å². The highest BCUT2D eigenvalue weighted by molar-refractivity contribution is 5.80. The predicted molar refractivity (Wildman–Crippen MR) is 108 cm³/mol. The summed E-state index contributed by atoms with van der Waals surface area (Å²) in [4.78, 5) is 15.0. The van der Waals surface area contributed by atoms with Gasteiger partial charge in [0.25, 0.3) is 18.4 Å². The molecule has 7 nitrogen and oxygen atoms in total. The maximum Gasteiger partial charge on any atom is 0.297 e. The Kier molecular flexibility index (Phi) is 7.84. The molecule has 1 fully saturated rings. The Labute approximate surface area is 191 Å². The van der Waals surface area contributed by atoms with Crippen LogP contribution in [0.3, 0.4) is 0 Å². The van der Waals surface area contributed by atoms with E-state index in [4.69, 9.17) is 9.47 Å². The normalized spacial score (nSPS) is 19.9. The van der Waals surface area contributed by atoms with Crippen LogP contribution in [0, 0.1) is 11.6 Å². The second kappa shape index (κ2) is 10.3. The third-order valence-electron chi connectivity index (χ3n) is 5.48. The summed E-state index contributed by atoms with van der Waals surface area (Å²) in [5.41, 5.74) is -0.707. The van der Waals surface area contributed by atoms with E-state index in [1.165, 1.54) is 14.0 Å². The number of rotatable bonds is 9. The molecule has 1 aromatic carbocycles. The van der Waals surface area contributed by atoms with E-state index in [0.717, 1.165) is 11.5 Å². The predicted octanol–water partition coefficient (Wildman–Crippen LogP) is 3.97. The summed E-state index contributed by atoms with van der Waals surface area (Å²) < 4.78 is 99.4. The largest absolute Gasteiger partial charge is 0.484 e. The van der Waals surface area contributed by atoms with Gasteiger partial charge < -0.3 is 19.5 Å². The molecule has 1 saturated heterocycles. The number of aromatic nitrogens is 2. The van der Waals surface area contributed by atoms with Crippen molar-refractivity contribution >= 4 is 16.9 Å². The van der Waals surface area contributed by atoms with Crippen LogP contribution in [0.2, 0.25) is 0 Å². The molecule has 34 heavy (non-hydrogen) atoms. The minimum absolute atomic E-state index is 0.0633. The van der Waals surface area contributed by atoms with Crippen LogP contribution in [0.25, 0.3) is 11.0 Å². The first-order chi connectivity index (χ1) is 15.9. The molecule has 190 valence electrons. The van der Waals surface area contributed by atoms with Gasteiger partial charge in [-0.2, -0.15) is 4.98 Å². The van der Waals surface area contributed by atoms with Gasteiger partial charge in [0, 0.05) is 26.5 Å². The van der Waals surface area contributed by atoms with E-state index in [9.17, 15) is 31.1 Å². The summed E-state index contributed by atoms with van der Waals surface area (Å²) in [7, 11) is 1.35. The number of amides is 1. The van der Waals surface area contributed by atoms with E-state index < -0.39 is 66.9 Å². The van der Waals surface area contributed by atoms with Gasteiger partial charge in [-0.25, -0.2) is 26.3 Å². The third-order valence-corrected chi connectivity index (χ3v) is 5.48. The first-order valence-corrected chi connectivity index (χ1v) is 10.6. The third kappa shape index (κ3) is 5.86. The molecule has 2 aromatic rings. The van der Waals surface area contributed by atoms with Crippen molar-refractivity contribution in [1.29, 1.82) is 0 Å². The maximum atomic E-state index is 14.7. The minimum Gasteiger partial charge on any atom is -0.484 e. The summed E-state index contributed by atoms with van der Waals surface area (Å²) in [6, 6.07) is -0.884. The van der Waals surface area contributed by atoms with Gasteiger partial charge in [-0.05, 0) is 19.8 Å². The van der Waals surface area contributed by atoms with Crippen LogP contribution in [0.1, 0.15) is 33.1 Å².